The van der Waals surface area contributed by atoms with E-state index in [0.717, 1.165) is 16.9 Å². The summed E-state index contributed by atoms with van der Waals surface area (Å²) < 4.78 is 6.21. The van der Waals surface area contributed by atoms with Gasteiger partial charge in [-0.1, -0.05) is 37.3 Å². The van der Waals surface area contributed by atoms with Crippen LogP contribution in [-0.4, -0.2) is 39.6 Å². The fourth-order valence-electron chi connectivity index (χ4n) is 4.41. The van der Waals surface area contributed by atoms with E-state index in [-0.39, 0.29) is 30.3 Å². The molecule has 0 amide bonds. The molecule has 1 saturated carbocycles. The van der Waals surface area contributed by atoms with Crippen LogP contribution in [0, 0.1) is 23.7 Å². The molecule has 156 valence electrons. The number of carboxylic acid groups (broad SMARTS) is 1. The van der Waals surface area contributed by atoms with Crippen molar-refractivity contribution in [1.82, 2.24) is 0 Å². The quantitative estimate of drug-likeness (QED) is 0.462. The molecule has 0 saturated heterocycles. The molecule has 5 heteroatoms. The maximum Gasteiger partial charge on any atom is 0.303 e. The van der Waals surface area contributed by atoms with Gasteiger partial charge in [0.15, 0.2) is 0 Å². The van der Waals surface area contributed by atoms with Gasteiger partial charge in [-0.05, 0) is 31.2 Å². The number of ether oxygens (including phenoxy) is 1. The Balaban J connectivity index is 1.75. The van der Waals surface area contributed by atoms with E-state index >= 15 is 0 Å². The molecular formula is C24H30O5. The molecule has 1 aromatic carbocycles. The highest BCUT2D eigenvalue weighted by molar-refractivity contribution is 5.66. The van der Waals surface area contributed by atoms with E-state index in [1.165, 1.54) is 0 Å². The lowest BCUT2D eigenvalue weighted by Crippen LogP contribution is -2.19. The van der Waals surface area contributed by atoms with Crippen LogP contribution in [0.15, 0.2) is 30.4 Å². The van der Waals surface area contributed by atoms with Crippen LogP contribution in [0.1, 0.15) is 56.6 Å². The summed E-state index contributed by atoms with van der Waals surface area (Å²) in [4.78, 5) is 10.8. The van der Waals surface area contributed by atoms with Crippen molar-refractivity contribution in [3.8, 4) is 17.6 Å². The summed E-state index contributed by atoms with van der Waals surface area (Å²) in [6.45, 7) is 3.75. The zero-order chi connectivity index (χ0) is 21.0. The molecule has 5 nitrogen and oxygen atoms in total. The van der Waals surface area contributed by atoms with Crippen molar-refractivity contribution in [1.29, 1.82) is 0 Å². The fraction of sp³-hybridized carbons (Fsp3) is 0.542. The molecule has 1 aliphatic heterocycles. The summed E-state index contributed by atoms with van der Waals surface area (Å²) in [5.41, 5.74) is 2.11. The first-order chi connectivity index (χ1) is 13.9. The van der Waals surface area contributed by atoms with E-state index in [1.807, 2.05) is 31.2 Å². The molecule has 0 spiro atoms. The third kappa shape index (κ3) is 4.83. The van der Waals surface area contributed by atoms with Gasteiger partial charge in [-0.2, -0.15) is 0 Å². The maximum absolute atomic E-state index is 10.8. The third-order valence-electron chi connectivity index (χ3n) is 6.04. The average molecular weight is 398 g/mol. The van der Waals surface area contributed by atoms with E-state index < -0.39 is 18.2 Å². The van der Waals surface area contributed by atoms with Gasteiger partial charge in [0.05, 0.1) is 12.2 Å². The number of carboxylic acids is 1. The minimum atomic E-state index is -0.790. The molecule has 0 radical (unpaired) electrons. The number of benzene rings is 1. The van der Waals surface area contributed by atoms with Gasteiger partial charge in [0, 0.05) is 36.7 Å². The molecule has 1 aliphatic carbocycles. The first-order valence-corrected chi connectivity index (χ1v) is 10.4. The number of aliphatic hydroxyl groups excluding tert-OH is 2. The Morgan fingerprint density at radius 2 is 2.21 bits per heavy atom. The summed E-state index contributed by atoms with van der Waals surface area (Å²) in [6, 6.07) is 6.01. The zero-order valence-electron chi connectivity index (χ0n) is 17.0. The average Bonchev–Trinajstić information content (AvgIpc) is 3.19. The minimum absolute atomic E-state index is 0.0287. The lowest BCUT2D eigenvalue weighted by molar-refractivity contribution is -0.137. The molecule has 1 heterocycles. The predicted octanol–water partition coefficient (Wildman–Crippen LogP) is 3.29. The Bertz CT molecular complexity index is 818. The van der Waals surface area contributed by atoms with Crippen molar-refractivity contribution < 1.29 is 24.9 Å². The van der Waals surface area contributed by atoms with E-state index in [1.54, 1.807) is 13.0 Å². The Kier molecular flexibility index (Phi) is 7.00. The molecule has 0 unspecified atom stereocenters. The molecule has 3 N–H and O–H groups in total. The van der Waals surface area contributed by atoms with Gasteiger partial charge in [-0.25, -0.2) is 0 Å². The second-order valence-corrected chi connectivity index (χ2v) is 8.13. The molecule has 0 bridgehead atoms. The Hall–Kier alpha value is -2.29. The normalized spacial score (nSPS) is 26.9. The fourth-order valence-corrected chi connectivity index (χ4v) is 4.41. The van der Waals surface area contributed by atoms with Crippen molar-refractivity contribution in [2.45, 2.75) is 70.2 Å². The van der Waals surface area contributed by atoms with Gasteiger partial charge in [-0.15, -0.1) is 11.8 Å². The number of aryl methyl sites for hydroxylation is 1. The number of hydrogen-bond acceptors (Lipinski definition) is 4. The summed E-state index contributed by atoms with van der Waals surface area (Å²) in [5, 5.41) is 29.9. The molecule has 3 rings (SSSR count). The number of carbonyl (C=O) groups is 1. The number of aliphatic hydroxyl groups is 2. The second-order valence-electron chi connectivity index (χ2n) is 8.13. The van der Waals surface area contributed by atoms with Crippen LogP contribution < -0.4 is 4.74 Å². The van der Waals surface area contributed by atoms with Crippen molar-refractivity contribution >= 4 is 5.97 Å². The zero-order valence-corrected chi connectivity index (χ0v) is 17.0. The van der Waals surface area contributed by atoms with Gasteiger partial charge in [0.25, 0.3) is 0 Å². The summed E-state index contributed by atoms with van der Waals surface area (Å²) in [6.07, 6.45) is 5.07. The first kappa shape index (κ1) is 21.4. The topological polar surface area (TPSA) is 87.0 Å². The minimum Gasteiger partial charge on any atom is -0.489 e. The molecular weight excluding hydrogens is 368 g/mol. The number of hydrogen-bond donors (Lipinski definition) is 3. The molecule has 6 atom stereocenters. The number of fused-ring (bicyclic) bond motifs is 3. The van der Waals surface area contributed by atoms with Crippen molar-refractivity contribution in [3.05, 3.63) is 41.5 Å². The predicted molar refractivity (Wildman–Crippen MR) is 111 cm³/mol. The SMILES string of the molecule is CC#CC[C@H](C)[C@H](O)/C=C/[C@H]1[C@@H]2c3cccc(CCCC(=O)O)c3O[C@@H]2C[C@H]1O. The number of para-hydroxylation sites is 1. The van der Waals surface area contributed by atoms with Gasteiger partial charge in [-0.3, -0.25) is 4.79 Å². The van der Waals surface area contributed by atoms with Crippen molar-refractivity contribution in [3.63, 3.8) is 0 Å². The highest BCUT2D eigenvalue weighted by Gasteiger charge is 2.48. The lowest BCUT2D eigenvalue weighted by atomic mass is 9.86. The third-order valence-corrected chi connectivity index (χ3v) is 6.04. The van der Waals surface area contributed by atoms with Crippen LogP contribution in [-0.2, 0) is 11.2 Å². The van der Waals surface area contributed by atoms with Crippen molar-refractivity contribution in [2.24, 2.45) is 11.8 Å². The van der Waals surface area contributed by atoms with E-state index in [2.05, 4.69) is 11.8 Å². The summed E-state index contributed by atoms with van der Waals surface area (Å²) >= 11 is 0. The van der Waals surface area contributed by atoms with Crippen molar-refractivity contribution in [2.75, 3.05) is 0 Å². The molecule has 2 aliphatic rings. The standard InChI is InChI=1S/C24H30O5/c1-3-4-7-15(2)19(25)13-12-17-20(26)14-21-23(17)18-10-5-8-16(24(18)29-21)9-6-11-22(27)28/h5,8,10,12-13,15,17,19-21,23,25-26H,6-7,9,11,14H2,1-2H3,(H,27,28)/b13-12+/t15-,17+,19+,20+,21+,23+/m0/s1. The largest absolute Gasteiger partial charge is 0.489 e. The Morgan fingerprint density at radius 1 is 1.41 bits per heavy atom. The van der Waals surface area contributed by atoms with Crippen LogP contribution in [0.3, 0.4) is 0 Å². The number of rotatable bonds is 8. The van der Waals surface area contributed by atoms with Gasteiger partial charge in [0.1, 0.15) is 11.9 Å². The van der Waals surface area contributed by atoms with Gasteiger partial charge < -0.3 is 20.1 Å². The Labute approximate surface area is 172 Å². The number of aliphatic carboxylic acids is 1. The van der Waals surface area contributed by atoms with Crippen LogP contribution in [0.5, 0.6) is 5.75 Å². The van der Waals surface area contributed by atoms with Gasteiger partial charge in [0.2, 0.25) is 0 Å². The lowest BCUT2D eigenvalue weighted by Gasteiger charge is -2.19. The highest BCUT2D eigenvalue weighted by atomic mass is 16.5. The van der Waals surface area contributed by atoms with E-state index in [9.17, 15) is 15.0 Å². The molecule has 0 aromatic heterocycles. The summed E-state index contributed by atoms with van der Waals surface area (Å²) in [7, 11) is 0. The Morgan fingerprint density at radius 3 is 2.93 bits per heavy atom. The first-order valence-electron chi connectivity index (χ1n) is 10.4. The van der Waals surface area contributed by atoms with Crippen LogP contribution in [0.2, 0.25) is 0 Å². The molecule has 1 aromatic rings. The molecule has 1 fully saturated rings. The monoisotopic (exact) mass is 398 g/mol. The van der Waals surface area contributed by atoms with E-state index in [4.69, 9.17) is 9.84 Å². The second kappa shape index (κ2) is 9.47. The van der Waals surface area contributed by atoms with Crippen LogP contribution >= 0.6 is 0 Å². The highest BCUT2D eigenvalue weighted by Crippen LogP contribution is 2.52. The smallest absolute Gasteiger partial charge is 0.303 e. The summed E-state index contributed by atoms with van der Waals surface area (Å²) in [5.74, 6) is 5.87. The molecule has 29 heavy (non-hydrogen) atoms. The van der Waals surface area contributed by atoms with E-state index in [0.29, 0.717) is 25.7 Å². The van der Waals surface area contributed by atoms with Crippen LogP contribution in [0.25, 0.3) is 0 Å². The van der Waals surface area contributed by atoms with Gasteiger partial charge >= 0.3 is 5.97 Å². The van der Waals surface area contributed by atoms with Crippen LogP contribution in [0.4, 0.5) is 0 Å². The maximum atomic E-state index is 10.8.